The standard InChI is InChI=1S/C9H14N3O7P.H2O/c10-7-1-2-12(9(14)11-7)8-3-5(13)6(19-8)4-18-20(15,16)17;/h1-2,5-6,8,13H,3-4H2,(H2,10,11,14)(H2,15,16,17);1H2/t5?,6-,8-;/m1./s1. The average Bonchev–Trinajstić information content (AvgIpc) is 2.67. The Morgan fingerprint density at radius 3 is 2.81 bits per heavy atom. The molecular weight excluding hydrogens is 309 g/mol. The fourth-order valence-electron chi connectivity index (χ4n) is 1.85. The number of aliphatic hydroxyl groups excluding tert-OH is 1. The zero-order chi connectivity index (χ0) is 14.9. The summed E-state index contributed by atoms with van der Waals surface area (Å²) in [5, 5.41) is 9.74. The molecule has 3 atom stereocenters. The van der Waals surface area contributed by atoms with Gasteiger partial charge < -0.3 is 30.8 Å². The SMILES string of the molecule is Nc1ccn([C@H]2CC(O)[C@@H](COP(=O)(O)O)O2)c(=O)n1.O. The van der Waals surface area contributed by atoms with E-state index in [-0.39, 0.29) is 17.7 Å². The monoisotopic (exact) mass is 325 g/mol. The van der Waals surface area contributed by atoms with Gasteiger partial charge in [-0.05, 0) is 6.07 Å². The highest BCUT2D eigenvalue weighted by molar-refractivity contribution is 7.46. The minimum absolute atomic E-state index is 0. The van der Waals surface area contributed by atoms with Crippen molar-refractivity contribution in [1.29, 1.82) is 0 Å². The van der Waals surface area contributed by atoms with Crippen molar-refractivity contribution in [2.24, 2.45) is 0 Å². The molecule has 120 valence electrons. The molecule has 0 saturated carbocycles. The number of phosphoric ester groups is 1. The summed E-state index contributed by atoms with van der Waals surface area (Å²) in [6.07, 6.45) is -1.32. The number of phosphoric acid groups is 1. The van der Waals surface area contributed by atoms with Crippen molar-refractivity contribution in [1.82, 2.24) is 9.55 Å². The van der Waals surface area contributed by atoms with Crippen LogP contribution in [0, 0.1) is 0 Å². The van der Waals surface area contributed by atoms with E-state index in [1.165, 1.54) is 12.3 Å². The Balaban J connectivity index is 0.00000220. The van der Waals surface area contributed by atoms with E-state index in [2.05, 4.69) is 9.51 Å². The number of rotatable bonds is 4. The van der Waals surface area contributed by atoms with Crippen LogP contribution >= 0.6 is 7.82 Å². The number of aliphatic hydroxyl groups is 1. The van der Waals surface area contributed by atoms with Crippen LogP contribution < -0.4 is 11.4 Å². The van der Waals surface area contributed by atoms with E-state index >= 15 is 0 Å². The predicted octanol–water partition coefficient (Wildman–Crippen LogP) is -2.24. The summed E-state index contributed by atoms with van der Waals surface area (Å²) in [4.78, 5) is 32.3. The number of nitrogens with two attached hydrogens (primary N) is 1. The minimum Gasteiger partial charge on any atom is -0.412 e. The average molecular weight is 325 g/mol. The summed E-state index contributed by atoms with van der Waals surface area (Å²) in [6, 6.07) is 1.40. The lowest BCUT2D eigenvalue weighted by atomic mass is 10.2. The Labute approximate surface area is 118 Å². The van der Waals surface area contributed by atoms with Crippen molar-refractivity contribution in [3.63, 3.8) is 0 Å². The Morgan fingerprint density at radius 1 is 1.57 bits per heavy atom. The van der Waals surface area contributed by atoms with Crippen molar-refractivity contribution in [3.8, 4) is 0 Å². The Morgan fingerprint density at radius 2 is 2.24 bits per heavy atom. The van der Waals surface area contributed by atoms with E-state index in [0.717, 1.165) is 4.57 Å². The van der Waals surface area contributed by atoms with Gasteiger partial charge in [0.15, 0.2) is 0 Å². The molecule has 0 aliphatic carbocycles. The van der Waals surface area contributed by atoms with Gasteiger partial charge in [0, 0.05) is 12.6 Å². The Bertz CT molecular complexity index is 587. The molecule has 2 heterocycles. The molecule has 11 nitrogen and oxygen atoms in total. The largest absolute Gasteiger partial charge is 0.469 e. The molecule has 1 aromatic rings. The lowest BCUT2D eigenvalue weighted by Gasteiger charge is -2.16. The van der Waals surface area contributed by atoms with Gasteiger partial charge in [-0.15, -0.1) is 0 Å². The maximum absolute atomic E-state index is 11.6. The molecule has 0 amide bonds. The van der Waals surface area contributed by atoms with Crippen LogP contribution in [0.1, 0.15) is 12.6 Å². The van der Waals surface area contributed by atoms with Gasteiger partial charge in [-0.2, -0.15) is 4.98 Å². The second kappa shape index (κ2) is 6.62. The zero-order valence-electron chi connectivity index (χ0n) is 10.7. The van der Waals surface area contributed by atoms with Gasteiger partial charge in [-0.3, -0.25) is 9.09 Å². The van der Waals surface area contributed by atoms with Gasteiger partial charge >= 0.3 is 13.5 Å². The van der Waals surface area contributed by atoms with Gasteiger partial charge in [-0.1, -0.05) is 0 Å². The summed E-state index contributed by atoms with van der Waals surface area (Å²) in [6.45, 7) is -0.487. The maximum atomic E-state index is 11.6. The second-order valence-electron chi connectivity index (χ2n) is 4.26. The van der Waals surface area contributed by atoms with E-state index in [1.807, 2.05) is 0 Å². The minimum atomic E-state index is -4.64. The normalized spacial score (nSPS) is 25.6. The molecule has 0 radical (unpaired) electrons. The van der Waals surface area contributed by atoms with Crippen LogP contribution in [0.2, 0.25) is 0 Å². The predicted molar refractivity (Wildman–Crippen MR) is 69.1 cm³/mol. The molecular formula is C9H16N3O8P. The van der Waals surface area contributed by atoms with Crippen LogP contribution in [0.5, 0.6) is 0 Å². The van der Waals surface area contributed by atoms with Crippen LogP contribution in [0.15, 0.2) is 17.1 Å². The lowest BCUT2D eigenvalue weighted by Crippen LogP contribution is -2.28. The highest BCUT2D eigenvalue weighted by Gasteiger charge is 2.36. The highest BCUT2D eigenvalue weighted by Crippen LogP contribution is 2.38. The van der Waals surface area contributed by atoms with E-state index in [4.69, 9.17) is 20.3 Å². The number of hydrogen-bond acceptors (Lipinski definition) is 7. The second-order valence-corrected chi connectivity index (χ2v) is 5.50. The van der Waals surface area contributed by atoms with Crippen molar-refractivity contribution < 1.29 is 34.2 Å². The number of nitrogens with zero attached hydrogens (tertiary/aromatic N) is 2. The number of nitrogen functional groups attached to an aromatic ring is 1. The molecule has 1 saturated heterocycles. The van der Waals surface area contributed by atoms with Crippen molar-refractivity contribution >= 4 is 13.6 Å². The van der Waals surface area contributed by atoms with Crippen molar-refractivity contribution in [3.05, 3.63) is 22.7 Å². The third-order valence-corrected chi connectivity index (χ3v) is 3.26. The molecule has 1 unspecified atom stereocenters. The zero-order valence-corrected chi connectivity index (χ0v) is 11.6. The molecule has 12 heteroatoms. The lowest BCUT2D eigenvalue weighted by molar-refractivity contribution is -0.0450. The molecule has 1 aromatic heterocycles. The van der Waals surface area contributed by atoms with Gasteiger partial charge in [0.25, 0.3) is 0 Å². The van der Waals surface area contributed by atoms with E-state index < -0.39 is 38.6 Å². The first-order valence-corrected chi connectivity index (χ1v) is 7.17. The van der Waals surface area contributed by atoms with E-state index in [1.54, 1.807) is 0 Å². The highest BCUT2D eigenvalue weighted by atomic mass is 31.2. The summed E-state index contributed by atoms with van der Waals surface area (Å²) in [7, 11) is -4.64. The topological polar surface area (TPSA) is 189 Å². The summed E-state index contributed by atoms with van der Waals surface area (Å²) < 4.78 is 21.3. The van der Waals surface area contributed by atoms with Gasteiger partial charge in [-0.25, -0.2) is 9.36 Å². The molecule has 0 bridgehead atoms. The number of aromatic nitrogens is 2. The molecule has 1 fully saturated rings. The number of anilines is 1. The molecule has 21 heavy (non-hydrogen) atoms. The molecule has 1 aliphatic rings. The molecule has 0 aromatic carbocycles. The third kappa shape index (κ3) is 4.58. The molecule has 7 N–H and O–H groups in total. The van der Waals surface area contributed by atoms with E-state index in [9.17, 15) is 14.5 Å². The van der Waals surface area contributed by atoms with Crippen molar-refractivity contribution in [2.75, 3.05) is 12.3 Å². The van der Waals surface area contributed by atoms with Crippen LogP contribution in [0.3, 0.4) is 0 Å². The van der Waals surface area contributed by atoms with Crippen LogP contribution in [0.25, 0.3) is 0 Å². The summed E-state index contributed by atoms with van der Waals surface area (Å²) >= 11 is 0. The quantitative estimate of drug-likeness (QED) is 0.443. The van der Waals surface area contributed by atoms with Crippen LogP contribution in [-0.4, -0.2) is 48.7 Å². The van der Waals surface area contributed by atoms with Crippen LogP contribution in [0.4, 0.5) is 5.82 Å². The van der Waals surface area contributed by atoms with Gasteiger partial charge in [0.1, 0.15) is 18.1 Å². The molecule has 2 rings (SSSR count). The number of hydrogen-bond donors (Lipinski definition) is 4. The fourth-order valence-corrected chi connectivity index (χ4v) is 2.19. The fraction of sp³-hybridized carbons (Fsp3) is 0.556. The summed E-state index contributed by atoms with van der Waals surface area (Å²) in [5.74, 6) is 0.0613. The smallest absolute Gasteiger partial charge is 0.412 e. The first-order valence-electron chi connectivity index (χ1n) is 5.64. The Kier molecular flexibility index (Phi) is 5.59. The van der Waals surface area contributed by atoms with Gasteiger partial charge in [0.05, 0.1) is 12.7 Å². The summed E-state index contributed by atoms with van der Waals surface area (Å²) in [5.41, 5.74) is 4.72. The molecule has 1 aliphatic heterocycles. The molecule has 0 spiro atoms. The maximum Gasteiger partial charge on any atom is 0.469 e. The van der Waals surface area contributed by atoms with Crippen LogP contribution in [-0.2, 0) is 13.8 Å². The first-order chi connectivity index (χ1) is 9.26. The Hall–Kier alpha value is -1.33. The third-order valence-electron chi connectivity index (χ3n) is 2.77. The van der Waals surface area contributed by atoms with Gasteiger partial charge in [0.2, 0.25) is 0 Å². The van der Waals surface area contributed by atoms with Crippen molar-refractivity contribution in [2.45, 2.75) is 24.9 Å². The van der Waals surface area contributed by atoms with E-state index in [0.29, 0.717) is 0 Å². The first kappa shape index (κ1) is 17.7. The number of ether oxygens (including phenoxy) is 1.